The third-order valence-corrected chi connectivity index (χ3v) is 5.13. The Morgan fingerprint density at radius 1 is 1.26 bits per heavy atom. The van der Waals surface area contributed by atoms with E-state index < -0.39 is 0 Å². The SMILES string of the molecule is CC1NC(C2CCCC2)N(C(C)C2CCCO2)C1=O. The Labute approximate surface area is 115 Å². The third kappa shape index (κ3) is 2.40. The molecule has 4 nitrogen and oxygen atoms in total. The van der Waals surface area contributed by atoms with Crippen molar-refractivity contribution < 1.29 is 9.53 Å². The van der Waals surface area contributed by atoms with Gasteiger partial charge in [0.25, 0.3) is 0 Å². The van der Waals surface area contributed by atoms with Crippen molar-refractivity contribution in [2.24, 2.45) is 5.92 Å². The quantitative estimate of drug-likeness (QED) is 0.848. The summed E-state index contributed by atoms with van der Waals surface area (Å²) in [5.41, 5.74) is 0. The number of carbonyl (C=O) groups is 1. The minimum atomic E-state index is -0.0329. The van der Waals surface area contributed by atoms with E-state index in [0.29, 0.717) is 5.92 Å². The zero-order valence-electron chi connectivity index (χ0n) is 12.1. The fourth-order valence-electron chi connectivity index (χ4n) is 4.02. The summed E-state index contributed by atoms with van der Waals surface area (Å²) < 4.78 is 5.80. The number of amides is 1. The molecule has 1 amide bonds. The average Bonchev–Trinajstić information content (AvgIpc) is 3.11. The van der Waals surface area contributed by atoms with Crippen LogP contribution in [0.5, 0.6) is 0 Å². The molecule has 1 saturated carbocycles. The van der Waals surface area contributed by atoms with Crippen molar-refractivity contribution in [3.8, 4) is 0 Å². The highest BCUT2D eigenvalue weighted by molar-refractivity contribution is 5.84. The highest BCUT2D eigenvalue weighted by Gasteiger charge is 2.45. The number of rotatable bonds is 3. The summed E-state index contributed by atoms with van der Waals surface area (Å²) in [6.07, 6.45) is 7.84. The van der Waals surface area contributed by atoms with Crippen molar-refractivity contribution in [1.82, 2.24) is 10.2 Å². The van der Waals surface area contributed by atoms with Crippen molar-refractivity contribution in [1.29, 1.82) is 0 Å². The highest BCUT2D eigenvalue weighted by Crippen LogP contribution is 2.34. The van der Waals surface area contributed by atoms with Gasteiger partial charge in [0.1, 0.15) is 0 Å². The van der Waals surface area contributed by atoms with Crippen molar-refractivity contribution in [2.75, 3.05) is 6.61 Å². The van der Waals surface area contributed by atoms with Gasteiger partial charge in [0.05, 0.1) is 24.4 Å². The lowest BCUT2D eigenvalue weighted by atomic mass is 10.0. The molecule has 3 rings (SSSR count). The van der Waals surface area contributed by atoms with Crippen LogP contribution in [0.1, 0.15) is 52.4 Å². The van der Waals surface area contributed by atoms with Crippen LogP contribution in [-0.2, 0) is 9.53 Å². The number of hydrogen-bond donors (Lipinski definition) is 1. The third-order valence-electron chi connectivity index (χ3n) is 5.13. The lowest BCUT2D eigenvalue weighted by Crippen LogP contribution is -2.51. The Kier molecular flexibility index (Phi) is 3.81. The standard InChI is InChI=1S/C15H26N2O2/c1-10-15(18)17(11(2)13-8-5-9-19-13)14(16-10)12-6-3-4-7-12/h10-14,16H,3-9H2,1-2H3. The van der Waals surface area contributed by atoms with Crippen LogP contribution in [0.15, 0.2) is 0 Å². The minimum absolute atomic E-state index is 0.0329. The second-order valence-electron chi connectivity index (χ2n) is 6.42. The van der Waals surface area contributed by atoms with Crippen LogP contribution in [0.3, 0.4) is 0 Å². The van der Waals surface area contributed by atoms with E-state index in [0.717, 1.165) is 19.4 Å². The van der Waals surface area contributed by atoms with Gasteiger partial charge < -0.3 is 9.64 Å². The van der Waals surface area contributed by atoms with Crippen LogP contribution in [0.4, 0.5) is 0 Å². The van der Waals surface area contributed by atoms with Gasteiger partial charge in [-0.05, 0) is 45.4 Å². The first-order chi connectivity index (χ1) is 9.18. The topological polar surface area (TPSA) is 41.6 Å². The predicted octanol–water partition coefficient (Wildman–Crippen LogP) is 1.89. The number of nitrogens with one attached hydrogen (secondary N) is 1. The fraction of sp³-hybridized carbons (Fsp3) is 0.933. The summed E-state index contributed by atoms with van der Waals surface area (Å²) in [5, 5.41) is 3.52. The van der Waals surface area contributed by atoms with Crippen molar-refractivity contribution in [3.05, 3.63) is 0 Å². The van der Waals surface area contributed by atoms with E-state index in [1.54, 1.807) is 0 Å². The van der Waals surface area contributed by atoms with E-state index in [4.69, 9.17) is 4.74 Å². The van der Waals surface area contributed by atoms with E-state index in [9.17, 15) is 4.79 Å². The first-order valence-electron chi connectivity index (χ1n) is 7.88. The Hall–Kier alpha value is -0.610. The maximum absolute atomic E-state index is 12.5. The summed E-state index contributed by atoms with van der Waals surface area (Å²) in [5.74, 6) is 0.901. The van der Waals surface area contributed by atoms with E-state index in [-0.39, 0.29) is 30.3 Å². The number of ether oxygens (including phenoxy) is 1. The Balaban J connectivity index is 1.76. The zero-order valence-corrected chi connectivity index (χ0v) is 12.1. The maximum Gasteiger partial charge on any atom is 0.241 e. The second kappa shape index (κ2) is 5.41. The first kappa shape index (κ1) is 13.4. The maximum atomic E-state index is 12.5. The van der Waals surface area contributed by atoms with Crippen LogP contribution >= 0.6 is 0 Å². The molecule has 108 valence electrons. The predicted molar refractivity (Wildman–Crippen MR) is 73.6 cm³/mol. The molecule has 19 heavy (non-hydrogen) atoms. The molecule has 4 unspecified atom stereocenters. The van der Waals surface area contributed by atoms with Gasteiger partial charge in [-0.15, -0.1) is 0 Å². The van der Waals surface area contributed by atoms with Gasteiger partial charge in [0, 0.05) is 6.61 Å². The van der Waals surface area contributed by atoms with Crippen LogP contribution in [0.25, 0.3) is 0 Å². The minimum Gasteiger partial charge on any atom is -0.376 e. The largest absolute Gasteiger partial charge is 0.376 e. The summed E-state index contributed by atoms with van der Waals surface area (Å²) in [6.45, 7) is 5.01. The summed E-state index contributed by atoms with van der Waals surface area (Å²) in [6, 6.07) is 0.174. The van der Waals surface area contributed by atoms with Crippen LogP contribution in [0.2, 0.25) is 0 Å². The molecule has 4 atom stereocenters. The molecule has 0 radical (unpaired) electrons. The summed E-state index contributed by atoms with van der Waals surface area (Å²) in [4.78, 5) is 14.6. The van der Waals surface area contributed by atoms with Crippen molar-refractivity contribution >= 4 is 5.91 Å². The van der Waals surface area contributed by atoms with Gasteiger partial charge in [-0.25, -0.2) is 0 Å². The van der Waals surface area contributed by atoms with Gasteiger partial charge >= 0.3 is 0 Å². The molecule has 3 fully saturated rings. The molecule has 0 aromatic rings. The van der Waals surface area contributed by atoms with Crippen molar-refractivity contribution in [2.45, 2.75) is 76.7 Å². The van der Waals surface area contributed by atoms with Gasteiger partial charge in [-0.3, -0.25) is 10.1 Å². The molecule has 2 saturated heterocycles. The molecule has 2 heterocycles. The normalized spacial score (nSPS) is 38.3. The van der Waals surface area contributed by atoms with Crippen LogP contribution in [-0.4, -0.2) is 41.8 Å². The zero-order chi connectivity index (χ0) is 13.4. The molecular formula is C15H26N2O2. The Bertz CT molecular complexity index is 335. The smallest absolute Gasteiger partial charge is 0.241 e. The molecule has 0 aromatic carbocycles. The lowest BCUT2D eigenvalue weighted by molar-refractivity contribution is -0.135. The summed E-state index contributed by atoms with van der Waals surface area (Å²) >= 11 is 0. The molecule has 3 aliphatic rings. The molecule has 0 spiro atoms. The molecule has 0 aromatic heterocycles. The summed E-state index contributed by atoms with van der Waals surface area (Å²) in [7, 11) is 0. The Morgan fingerprint density at radius 2 is 2.00 bits per heavy atom. The van der Waals surface area contributed by atoms with Crippen LogP contribution < -0.4 is 5.32 Å². The average molecular weight is 266 g/mol. The van der Waals surface area contributed by atoms with E-state index >= 15 is 0 Å². The monoisotopic (exact) mass is 266 g/mol. The molecule has 1 N–H and O–H groups in total. The molecule has 4 heteroatoms. The number of nitrogens with zero attached hydrogens (tertiary/aromatic N) is 1. The van der Waals surface area contributed by atoms with Crippen LogP contribution in [0, 0.1) is 5.92 Å². The van der Waals surface area contributed by atoms with E-state index in [1.807, 2.05) is 6.92 Å². The van der Waals surface area contributed by atoms with Gasteiger partial charge in [0.2, 0.25) is 5.91 Å². The molecular weight excluding hydrogens is 240 g/mol. The Morgan fingerprint density at radius 3 is 2.63 bits per heavy atom. The van der Waals surface area contributed by atoms with Gasteiger partial charge in [0.15, 0.2) is 0 Å². The second-order valence-corrected chi connectivity index (χ2v) is 6.42. The molecule has 0 bridgehead atoms. The van der Waals surface area contributed by atoms with Gasteiger partial charge in [-0.1, -0.05) is 12.8 Å². The van der Waals surface area contributed by atoms with Crippen molar-refractivity contribution in [3.63, 3.8) is 0 Å². The van der Waals surface area contributed by atoms with E-state index in [1.165, 1.54) is 25.7 Å². The molecule has 1 aliphatic carbocycles. The highest BCUT2D eigenvalue weighted by atomic mass is 16.5. The van der Waals surface area contributed by atoms with Gasteiger partial charge in [-0.2, -0.15) is 0 Å². The fourth-order valence-corrected chi connectivity index (χ4v) is 4.02. The number of hydrogen-bond acceptors (Lipinski definition) is 3. The number of carbonyl (C=O) groups excluding carboxylic acids is 1. The van der Waals surface area contributed by atoms with E-state index in [2.05, 4.69) is 17.1 Å². The first-order valence-corrected chi connectivity index (χ1v) is 7.88. The molecule has 2 aliphatic heterocycles. The lowest BCUT2D eigenvalue weighted by Gasteiger charge is -2.36.